The zero-order chi connectivity index (χ0) is 37.7. The summed E-state index contributed by atoms with van der Waals surface area (Å²) >= 11 is 12.1. The lowest BCUT2D eigenvalue weighted by molar-refractivity contribution is -0.153. The highest BCUT2D eigenvalue weighted by atomic mass is 35.5. The first-order valence-corrected chi connectivity index (χ1v) is 18.0. The van der Waals surface area contributed by atoms with Crippen molar-refractivity contribution in [2.75, 3.05) is 35.4 Å². The van der Waals surface area contributed by atoms with Crippen LogP contribution in [0.2, 0.25) is 10.0 Å². The first kappa shape index (κ1) is 39.3. The smallest absolute Gasteiger partial charge is 0.416 e. The molecule has 2 N–H and O–H groups in total. The number of aromatic nitrogens is 3. The summed E-state index contributed by atoms with van der Waals surface area (Å²) in [5.74, 6) is -1.10. The zero-order valence-electron chi connectivity index (χ0n) is 29.0. The van der Waals surface area contributed by atoms with Crippen molar-refractivity contribution in [3.05, 3.63) is 70.8 Å². The van der Waals surface area contributed by atoms with E-state index in [9.17, 15) is 27.9 Å². The van der Waals surface area contributed by atoms with Gasteiger partial charge in [0, 0.05) is 28.2 Å². The number of halogens is 2. The molecule has 0 bridgehead atoms. The summed E-state index contributed by atoms with van der Waals surface area (Å²) in [6.45, 7) is 10.4. The minimum atomic E-state index is -4.37. The number of hydrogen-bond donors (Lipinski definition) is 2. The van der Waals surface area contributed by atoms with Gasteiger partial charge >= 0.3 is 18.0 Å². The van der Waals surface area contributed by atoms with Crippen LogP contribution in [0.3, 0.4) is 0 Å². The first-order chi connectivity index (χ1) is 23.7. The maximum Gasteiger partial charge on any atom is 0.416 e. The van der Waals surface area contributed by atoms with Gasteiger partial charge in [-0.3, -0.25) is 23.4 Å². The van der Waals surface area contributed by atoms with Crippen molar-refractivity contribution in [2.24, 2.45) is 0 Å². The van der Waals surface area contributed by atoms with E-state index in [1.54, 1.807) is 82.6 Å². The Morgan fingerprint density at radius 3 is 2.16 bits per heavy atom. The van der Waals surface area contributed by atoms with Gasteiger partial charge in [0.1, 0.15) is 17.7 Å². The largest absolute Gasteiger partial charge is 0.480 e. The predicted molar refractivity (Wildman–Crippen MR) is 194 cm³/mol. The zero-order valence-corrected chi connectivity index (χ0v) is 31.3. The number of carbonyl (C=O) groups excluding carboxylic acids is 2. The van der Waals surface area contributed by atoms with E-state index in [1.807, 2.05) is 0 Å². The Hall–Kier alpha value is -4.44. The molecule has 0 unspecified atom stereocenters. The molecule has 0 atom stereocenters. The molecule has 4 rings (SSSR count). The minimum Gasteiger partial charge on any atom is -0.480 e. The maximum atomic E-state index is 13.6. The molecule has 0 fully saturated rings. The Balaban J connectivity index is 1.56. The van der Waals surface area contributed by atoms with Crippen molar-refractivity contribution in [2.45, 2.75) is 64.1 Å². The number of esters is 1. The van der Waals surface area contributed by atoms with E-state index in [4.69, 9.17) is 32.7 Å². The third kappa shape index (κ3) is 10.8. The van der Waals surface area contributed by atoms with E-state index in [0.29, 0.717) is 29.7 Å². The van der Waals surface area contributed by atoms with E-state index in [0.717, 1.165) is 4.31 Å². The standard InChI is InChI=1S/C34H40Cl2N6O8S/c1-33(2,3)49-31(45)20-37-13-7-14-41(32(46)50-34(4,5)6)29-11-10-28(38-39-29)40-15-12-22-16-25(8-9-27(22)40)42(21-30(43)44)51(47,48)26-18-23(35)17-24(36)19-26/h8-12,15-19,37H,7,13-14,20-21H2,1-6H3,(H,43,44). The summed E-state index contributed by atoms with van der Waals surface area (Å²) in [5.41, 5.74) is -0.623. The predicted octanol–water partition coefficient (Wildman–Crippen LogP) is 6.07. The summed E-state index contributed by atoms with van der Waals surface area (Å²) in [6.07, 6.45) is 1.55. The Morgan fingerprint density at radius 1 is 0.902 bits per heavy atom. The Labute approximate surface area is 306 Å². The number of nitrogens with one attached hydrogen (secondary N) is 1. The van der Waals surface area contributed by atoms with Crippen molar-refractivity contribution in [3.8, 4) is 5.82 Å². The van der Waals surface area contributed by atoms with Gasteiger partial charge in [0.25, 0.3) is 10.0 Å². The van der Waals surface area contributed by atoms with E-state index < -0.39 is 39.8 Å². The summed E-state index contributed by atoms with van der Waals surface area (Å²) in [5, 5.41) is 22.0. The molecular formula is C34H40Cl2N6O8S. The molecule has 17 heteroatoms. The maximum absolute atomic E-state index is 13.6. The fourth-order valence-electron chi connectivity index (χ4n) is 4.86. The Morgan fingerprint density at radius 2 is 1.57 bits per heavy atom. The number of nitrogens with zero attached hydrogens (tertiary/aromatic N) is 5. The molecule has 0 saturated carbocycles. The second-order valence-electron chi connectivity index (χ2n) is 13.4. The van der Waals surface area contributed by atoms with E-state index in [1.165, 1.54) is 29.2 Å². The number of anilines is 2. The quantitative estimate of drug-likeness (QED) is 0.120. The fourth-order valence-corrected chi connectivity index (χ4v) is 7.00. The van der Waals surface area contributed by atoms with E-state index >= 15 is 0 Å². The van der Waals surface area contributed by atoms with Crippen molar-refractivity contribution in [3.63, 3.8) is 0 Å². The summed E-state index contributed by atoms with van der Waals surface area (Å²) in [6, 6.07) is 13.4. The second kappa shape index (κ2) is 15.8. The van der Waals surface area contributed by atoms with Gasteiger partial charge in [0.15, 0.2) is 11.6 Å². The van der Waals surface area contributed by atoms with Gasteiger partial charge in [-0.25, -0.2) is 13.2 Å². The number of sulfonamides is 1. The molecular weight excluding hydrogens is 723 g/mol. The number of carboxylic acids is 1. The molecule has 51 heavy (non-hydrogen) atoms. The van der Waals surface area contributed by atoms with Crippen LogP contribution < -0.4 is 14.5 Å². The SMILES string of the molecule is CC(C)(C)OC(=O)CNCCCN(C(=O)OC(C)(C)C)c1ccc(-n2ccc3cc(N(CC(=O)O)S(=O)(=O)c4cc(Cl)cc(Cl)c4)ccc32)nn1. The molecule has 0 radical (unpaired) electrons. The molecule has 2 aromatic carbocycles. The molecule has 14 nitrogen and oxygen atoms in total. The van der Waals surface area contributed by atoms with Crippen LogP contribution in [0.1, 0.15) is 48.0 Å². The van der Waals surface area contributed by atoms with Crippen LogP contribution in [-0.4, -0.2) is 83.7 Å². The molecule has 0 aliphatic rings. The number of rotatable bonds is 13. The van der Waals surface area contributed by atoms with Crippen LogP contribution in [0.15, 0.2) is 65.7 Å². The molecule has 274 valence electrons. The van der Waals surface area contributed by atoms with Crippen LogP contribution >= 0.6 is 23.2 Å². The molecule has 0 aliphatic carbocycles. The third-order valence-electron chi connectivity index (χ3n) is 6.86. The van der Waals surface area contributed by atoms with Gasteiger partial charge in [-0.2, -0.15) is 0 Å². The van der Waals surface area contributed by atoms with Crippen LogP contribution in [-0.2, 0) is 29.1 Å². The van der Waals surface area contributed by atoms with E-state index in [2.05, 4.69) is 15.5 Å². The molecule has 0 saturated heterocycles. The highest BCUT2D eigenvalue weighted by Crippen LogP contribution is 2.31. The monoisotopic (exact) mass is 762 g/mol. The number of aliphatic carboxylic acids is 1. The van der Waals surface area contributed by atoms with Crippen molar-refractivity contribution in [1.82, 2.24) is 20.1 Å². The van der Waals surface area contributed by atoms with E-state index in [-0.39, 0.29) is 45.5 Å². The van der Waals surface area contributed by atoms with Gasteiger partial charge in [0.2, 0.25) is 0 Å². The number of hydrogen-bond acceptors (Lipinski definition) is 10. The van der Waals surface area contributed by atoms with Gasteiger partial charge in [0.05, 0.1) is 22.6 Å². The topological polar surface area (TPSA) is 173 Å². The first-order valence-electron chi connectivity index (χ1n) is 15.8. The van der Waals surface area contributed by atoms with Gasteiger partial charge in [-0.1, -0.05) is 23.2 Å². The summed E-state index contributed by atoms with van der Waals surface area (Å²) in [7, 11) is -4.37. The average Bonchev–Trinajstić information content (AvgIpc) is 3.42. The Bertz CT molecular complexity index is 1990. The number of fused-ring (bicyclic) bond motifs is 1. The van der Waals surface area contributed by atoms with Crippen molar-refractivity contribution < 1.29 is 37.4 Å². The van der Waals surface area contributed by atoms with Gasteiger partial charge in [-0.15, -0.1) is 10.2 Å². The highest BCUT2D eigenvalue weighted by Gasteiger charge is 2.29. The number of benzene rings is 2. The summed E-state index contributed by atoms with van der Waals surface area (Å²) in [4.78, 5) is 38.0. The van der Waals surface area contributed by atoms with Crippen molar-refractivity contribution in [1.29, 1.82) is 0 Å². The molecule has 2 aromatic heterocycles. The number of amides is 1. The molecule has 4 aromatic rings. The van der Waals surface area contributed by atoms with Crippen LogP contribution in [0.4, 0.5) is 16.3 Å². The molecule has 0 spiro atoms. The number of carboxylic acid groups (broad SMARTS) is 1. The number of ether oxygens (including phenoxy) is 2. The van der Waals surface area contributed by atoms with Gasteiger partial charge in [-0.05, 0) is 109 Å². The number of carbonyl (C=O) groups is 3. The molecule has 2 heterocycles. The minimum absolute atomic E-state index is 0.0225. The average molecular weight is 764 g/mol. The van der Waals surface area contributed by atoms with Crippen LogP contribution in [0.25, 0.3) is 16.7 Å². The van der Waals surface area contributed by atoms with Crippen LogP contribution in [0, 0.1) is 0 Å². The molecule has 0 aliphatic heterocycles. The highest BCUT2D eigenvalue weighted by molar-refractivity contribution is 7.92. The van der Waals surface area contributed by atoms with Crippen molar-refractivity contribution >= 4 is 73.7 Å². The summed E-state index contributed by atoms with van der Waals surface area (Å²) < 4.78 is 40.5. The van der Waals surface area contributed by atoms with Gasteiger partial charge < -0.3 is 19.9 Å². The molecule has 1 amide bonds. The van der Waals surface area contributed by atoms with Crippen LogP contribution in [0.5, 0.6) is 0 Å². The lowest BCUT2D eigenvalue weighted by Gasteiger charge is -2.26. The third-order valence-corrected chi connectivity index (χ3v) is 9.05. The lowest BCUT2D eigenvalue weighted by atomic mass is 10.2. The normalized spacial score (nSPS) is 12.1. The fraction of sp³-hybridized carbons (Fsp3) is 0.382. The lowest BCUT2D eigenvalue weighted by Crippen LogP contribution is -2.39. The Kier molecular flexibility index (Phi) is 12.2. The second-order valence-corrected chi connectivity index (χ2v) is 16.2.